The number of ketones is 1. The standard InChI is InChI=1S/C21H23N3O3/c25-20(17-8-4-3-5-9-17)18-10-12-19(13-11-18)27-15-7-2-1-6-14-24-21(26)22-16-23-24/h3-5,8-13,16H,1-2,6-7,14-15H2,(H,22,23,26). The molecule has 0 radical (unpaired) electrons. The number of nitrogens with zero attached hydrogens (tertiary/aromatic N) is 2. The van der Waals surface area contributed by atoms with Gasteiger partial charge in [0.05, 0.1) is 6.61 Å². The summed E-state index contributed by atoms with van der Waals surface area (Å²) in [7, 11) is 0. The van der Waals surface area contributed by atoms with Crippen molar-refractivity contribution in [1.82, 2.24) is 14.8 Å². The molecular weight excluding hydrogens is 342 g/mol. The summed E-state index contributed by atoms with van der Waals surface area (Å²) in [6.07, 6.45) is 5.33. The van der Waals surface area contributed by atoms with E-state index in [0.29, 0.717) is 24.3 Å². The van der Waals surface area contributed by atoms with E-state index in [1.165, 1.54) is 11.0 Å². The van der Waals surface area contributed by atoms with Gasteiger partial charge in [-0.3, -0.25) is 9.78 Å². The number of benzene rings is 2. The van der Waals surface area contributed by atoms with Gasteiger partial charge in [-0.25, -0.2) is 9.48 Å². The lowest BCUT2D eigenvalue weighted by molar-refractivity contribution is 0.103. The Labute approximate surface area is 157 Å². The Morgan fingerprint density at radius 1 is 0.926 bits per heavy atom. The Kier molecular flexibility index (Phi) is 6.57. The maximum atomic E-state index is 12.4. The minimum atomic E-state index is -0.160. The Morgan fingerprint density at radius 2 is 1.63 bits per heavy atom. The highest BCUT2D eigenvalue weighted by Crippen LogP contribution is 2.16. The molecule has 27 heavy (non-hydrogen) atoms. The lowest BCUT2D eigenvalue weighted by atomic mass is 10.0. The van der Waals surface area contributed by atoms with Gasteiger partial charge in [0, 0.05) is 17.7 Å². The fraction of sp³-hybridized carbons (Fsp3) is 0.286. The smallest absolute Gasteiger partial charge is 0.343 e. The molecule has 0 saturated heterocycles. The molecule has 3 aromatic rings. The highest BCUT2D eigenvalue weighted by atomic mass is 16.5. The normalized spacial score (nSPS) is 10.7. The number of aromatic amines is 1. The molecule has 0 unspecified atom stereocenters. The summed E-state index contributed by atoms with van der Waals surface area (Å²) in [6.45, 7) is 1.27. The topological polar surface area (TPSA) is 77.0 Å². The Hall–Kier alpha value is -3.15. The average Bonchev–Trinajstić information content (AvgIpc) is 3.12. The van der Waals surface area contributed by atoms with Crippen LogP contribution in [0.25, 0.3) is 0 Å². The molecular formula is C21H23N3O3. The first-order valence-corrected chi connectivity index (χ1v) is 9.17. The Balaban J connectivity index is 1.35. The number of hydrogen-bond donors (Lipinski definition) is 1. The van der Waals surface area contributed by atoms with Gasteiger partial charge in [-0.05, 0) is 43.5 Å². The molecule has 3 rings (SSSR count). The zero-order valence-electron chi connectivity index (χ0n) is 15.1. The highest BCUT2D eigenvalue weighted by Gasteiger charge is 2.08. The second kappa shape index (κ2) is 9.52. The van der Waals surface area contributed by atoms with E-state index in [1.807, 2.05) is 42.5 Å². The van der Waals surface area contributed by atoms with Crippen LogP contribution in [0.4, 0.5) is 0 Å². The van der Waals surface area contributed by atoms with Crippen LogP contribution in [0.3, 0.4) is 0 Å². The third-order valence-electron chi connectivity index (χ3n) is 4.31. The highest BCUT2D eigenvalue weighted by molar-refractivity contribution is 6.08. The van der Waals surface area contributed by atoms with Gasteiger partial charge in [0.1, 0.15) is 12.1 Å². The zero-order chi connectivity index (χ0) is 18.9. The van der Waals surface area contributed by atoms with Crippen LogP contribution in [0, 0.1) is 0 Å². The van der Waals surface area contributed by atoms with Crippen molar-refractivity contribution in [2.24, 2.45) is 0 Å². The minimum Gasteiger partial charge on any atom is -0.494 e. The number of carbonyl (C=O) groups excluding carboxylic acids is 1. The molecule has 0 aliphatic carbocycles. The molecule has 2 aromatic carbocycles. The first-order valence-electron chi connectivity index (χ1n) is 9.17. The number of hydrogen-bond acceptors (Lipinski definition) is 4. The molecule has 1 heterocycles. The van der Waals surface area contributed by atoms with Crippen molar-refractivity contribution in [2.45, 2.75) is 32.2 Å². The number of unbranched alkanes of at least 4 members (excludes halogenated alkanes) is 3. The molecule has 0 aliphatic heterocycles. The molecule has 6 heteroatoms. The summed E-state index contributed by atoms with van der Waals surface area (Å²) >= 11 is 0. The predicted molar refractivity (Wildman–Crippen MR) is 103 cm³/mol. The summed E-state index contributed by atoms with van der Waals surface area (Å²) in [6, 6.07) is 16.5. The van der Waals surface area contributed by atoms with Crippen LogP contribution in [0.15, 0.2) is 65.7 Å². The molecule has 1 aromatic heterocycles. The minimum absolute atomic E-state index is 0.0122. The van der Waals surface area contributed by atoms with E-state index in [4.69, 9.17) is 4.74 Å². The Bertz CT molecular complexity index is 898. The summed E-state index contributed by atoms with van der Waals surface area (Å²) in [4.78, 5) is 26.2. The molecule has 6 nitrogen and oxygen atoms in total. The molecule has 0 fully saturated rings. The number of rotatable bonds is 10. The average molecular weight is 365 g/mol. The SMILES string of the molecule is O=C(c1ccccc1)c1ccc(OCCCCCCn2nc[nH]c2=O)cc1. The predicted octanol–water partition coefficient (Wildman–Crippen LogP) is 3.44. The van der Waals surface area contributed by atoms with E-state index in [1.54, 1.807) is 12.1 Å². The molecule has 0 aliphatic rings. The molecule has 0 spiro atoms. The van der Waals surface area contributed by atoms with E-state index in [9.17, 15) is 9.59 Å². The van der Waals surface area contributed by atoms with Crippen molar-refractivity contribution < 1.29 is 9.53 Å². The van der Waals surface area contributed by atoms with Gasteiger partial charge in [-0.1, -0.05) is 36.8 Å². The number of H-pyrrole nitrogens is 1. The summed E-state index contributed by atoms with van der Waals surface area (Å²) in [5, 5.41) is 3.93. The summed E-state index contributed by atoms with van der Waals surface area (Å²) in [5.41, 5.74) is 1.18. The van der Waals surface area contributed by atoms with E-state index in [-0.39, 0.29) is 11.5 Å². The molecule has 0 saturated carbocycles. The van der Waals surface area contributed by atoms with Crippen molar-refractivity contribution in [3.05, 3.63) is 82.5 Å². The van der Waals surface area contributed by atoms with E-state index in [2.05, 4.69) is 10.1 Å². The second-order valence-corrected chi connectivity index (χ2v) is 6.30. The van der Waals surface area contributed by atoms with Crippen LogP contribution in [0.2, 0.25) is 0 Å². The lowest BCUT2D eigenvalue weighted by Gasteiger charge is -2.07. The van der Waals surface area contributed by atoms with E-state index >= 15 is 0 Å². The monoisotopic (exact) mass is 365 g/mol. The summed E-state index contributed by atoms with van der Waals surface area (Å²) in [5.74, 6) is 0.779. The Morgan fingerprint density at radius 3 is 2.33 bits per heavy atom. The number of ether oxygens (including phenoxy) is 1. The number of nitrogens with one attached hydrogen (secondary N) is 1. The van der Waals surface area contributed by atoms with Crippen molar-refractivity contribution in [1.29, 1.82) is 0 Å². The van der Waals surface area contributed by atoms with Crippen LogP contribution in [-0.2, 0) is 6.54 Å². The van der Waals surface area contributed by atoms with Crippen molar-refractivity contribution in [3.8, 4) is 5.75 Å². The van der Waals surface area contributed by atoms with Gasteiger partial charge in [0.25, 0.3) is 0 Å². The quantitative estimate of drug-likeness (QED) is 0.441. The number of carbonyl (C=O) groups is 1. The van der Waals surface area contributed by atoms with Crippen LogP contribution in [0.1, 0.15) is 41.6 Å². The number of aryl methyl sites for hydroxylation is 1. The summed E-state index contributed by atoms with van der Waals surface area (Å²) < 4.78 is 7.17. The zero-order valence-corrected chi connectivity index (χ0v) is 15.1. The van der Waals surface area contributed by atoms with Gasteiger partial charge in [0.15, 0.2) is 5.78 Å². The van der Waals surface area contributed by atoms with Crippen molar-refractivity contribution in [2.75, 3.05) is 6.61 Å². The van der Waals surface area contributed by atoms with Gasteiger partial charge in [-0.2, -0.15) is 5.10 Å². The maximum Gasteiger partial charge on any atom is 0.343 e. The molecule has 0 bridgehead atoms. The fourth-order valence-corrected chi connectivity index (χ4v) is 2.81. The largest absolute Gasteiger partial charge is 0.494 e. The van der Waals surface area contributed by atoms with Crippen LogP contribution < -0.4 is 10.4 Å². The molecule has 140 valence electrons. The van der Waals surface area contributed by atoms with Gasteiger partial charge in [-0.15, -0.1) is 0 Å². The molecule has 0 amide bonds. The third kappa shape index (κ3) is 5.41. The second-order valence-electron chi connectivity index (χ2n) is 6.30. The van der Waals surface area contributed by atoms with Gasteiger partial charge in [0.2, 0.25) is 0 Å². The van der Waals surface area contributed by atoms with Crippen LogP contribution in [-0.4, -0.2) is 27.2 Å². The van der Waals surface area contributed by atoms with Gasteiger partial charge < -0.3 is 4.74 Å². The third-order valence-corrected chi connectivity index (χ3v) is 4.31. The van der Waals surface area contributed by atoms with Gasteiger partial charge >= 0.3 is 5.69 Å². The first-order chi connectivity index (χ1) is 13.2. The van der Waals surface area contributed by atoms with Crippen molar-refractivity contribution in [3.63, 3.8) is 0 Å². The van der Waals surface area contributed by atoms with E-state index in [0.717, 1.165) is 31.4 Å². The lowest BCUT2D eigenvalue weighted by Crippen LogP contribution is -2.18. The fourth-order valence-electron chi connectivity index (χ4n) is 2.81. The first kappa shape index (κ1) is 18.6. The van der Waals surface area contributed by atoms with Crippen LogP contribution in [0.5, 0.6) is 5.75 Å². The van der Waals surface area contributed by atoms with Crippen LogP contribution >= 0.6 is 0 Å². The van der Waals surface area contributed by atoms with Crippen molar-refractivity contribution >= 4 is 5.78 Å². The maximum absolute atomic E-state index is 12.4. The molecule has 0 atom stereocenters. The molecule has 1 N–H and O–H groups in total. The number of aromatic nitrogens is 3. The van der Waals surface area contributed by atoms with E-state index < -0.39 is 0 Å².